The molecule has 0 radical (unpaired) electrons. The third kappa shape index (κ3) is 4.95. The Kier molecular flexibility index (Phi) is 8.29. The van der Waals surface area contributed by atoms with Crippen LogP contribution in [0, 0.1) is 11.8 Å². The van der Waals surface area contributed by atoms with Crippen molar-refractivity contribution in [1.82, 2.24) is 0 Å². The quantitative estimate of drug-likeness (QED) is 0.397. The Morgan fingerprint density at radius 2 is 1.50 bits per heavy atom. The molecule has 0 saturated heterocycles. The highest BCUT2D eigenvalue weighted by atomic mass is 16.5. The number of benzene rings is 2. The van der Waals surface area contributed by atoms with Crippen LogP contribution in [0.5, 0.6) is 28.7 Å². The van der Waals surface area contributed by atoms with Gasteiger partial charge in [0, 0.05) is 23.8 Å². The Hall–Kier alpha value is -3.94. The van der Waals surface area contributed by atoms with Crippen molar-refractivity contribution in [1.29, 1.82) is 0 Å². The summed E-state index contributed by atoms with van der Waals surface area (Å²) in [5.74, 6) is -0.354. The van der Waals surface area contributed by atoms with Gasteiger partial charge in [0.1, 0.15) is 0 Å². The predicted molar refractivity (Wildman–Crippen MR) is 142 cm³/mol. The van der Waals surface area contributed by atoms with Crippen LogP contribution in [0.2, 0.25) is 0 Å². The van der Waals surface area contributed by atoms with Gasteiger partial charge in [0.15, 0.2) is 28.8 Å². The number of methoxy groups -OCH3 is 5. The molecular formula is C30H34O8. The highest BCUT2D eigenvalue weighted by Crippen LogP contribution is 2.50. The molecule has 0 amide bonds. The highest BCUT2D eigenvalue weighted by Gasteiger charge is 2.46. The SMILES string of the molecule is COc1cc2c(cc1OC)C(c1cc(OC)c(OC)c(OC)c1)C(C(=O)OCCC1=CC=CC1)C(C)C2=O. The van der Waals surface area contributed by atoms with E-state index >= 15 is 0 Å². The van der Waals surface area contributed by atoms with Crippen LogP contribution in [0.3, 0.4) is 0 Å². The van der Waals surface area contributed by atoms with E-state index in [9.17, 15) is 9.59 Å². The van der Waals surface area contributed by atoms with Crippen LogP contribution in [-0.2, 0) is 9.53 Å². The zero-order chi connectivity index (χ0) is 27.4. The monoisotopic (exact) mass is 522 g/mol. The van der Waals surface area contributed by atoms with Gasteiger partial charge in [-0.1, -0.05) is 30.7 Å². The van der Waals surface area contributed by atoms with Gasteiger partial charge in [0.05, 0.1) is 48.1 Å². The van der Waals surface area contributed by atoms with Crippen LogP contribution in [-0.4, -0.2) is 53.9 Å². The second-order valence-electron chi connectivity index (χ2n) is 9.28. The number of carbonyl (C=O) groups is 2. The number of rotatable bonds is 10. The molecule has 2 aromatic rings. The van der Waals surface area contributed by atoms with Crippen LogP contribution >= 0.6 is 0 Å². The van der Waals surface area contributed by atoms with E-state index in [0.717, 1.165) is 12.0 Å². The molecule has 2 aromatic carbocycles. The third-order valence-electron chi connectivity index (χ3n) is 7.30. The Morgan fingerprint density at radius 3 is 2.05 bits per heavy atom. The van der Waals surface area contributed by atoms with Crippen LogP contribution in [0.4, 0.5) is 0 Å². The Bertz CT molecular complexity index is 1250. The molecule has 3 unspecified atom stereocenters. The molecule has 2 aliphatic rings. The normalized spacial score (nSPS) is 19.9. The lowest BCUT2D eigenvalue weighted by molar-refractivity contribution is -0.150. The number of esters is 1. The first-order chi connectivity index (χ1) is 18.4. The van der Waals surface area contributed by atoms with Crippen LogP contribution in [0.15, 0.2) is 48.1 Å². The highest BCUT2D eigenvalue weighted by molar-refractivity contribution is 6.04. The topological polar surface area (TPSA) is 89.5 Å². The summed E-state index contributed by atoms with van der Waals surface area (Å²) in [5, 5.41) is 0. The summed E-state index contributed by atoms with van der Waals surface area (Å²) < 4.78 is 33.5. The van der Waals surface area contributed by atoms with Crippen LogP contribution in [0.1, 0.15) is 47.2 Å². The van der Waals surface area contributed by atoms with E-state index in [1.165, 1.54) is 41.1 Å². The first-order valence-corrected chi connectivity index (χ1v) is 12.5. The van der Waals surface area contributed by atoms with E-state index in [2.05, 4.69) is 6.08 Å². The summed E-state index contributed by atoms with van der Waals surface area (Å²) in [7, 11) is 7.66. The molecule has 0 saturated carbocycles. The lowest BCUT2D eigenvalue weighted by Crippen LogP contribution is -2.39. The van der Waals surface area contributed by atoms with Gasteiger partial charge in [-0.15, -0.1) is 0 Å². The number of allylic oxidation sites excluding steroid dienone is 3. The Labute approximate surface area is 223 Å². The zero-order valence-corrected chi connectivity index (χ0v) is 22.7. The first-order valence-electron chi connectivity index (χ1n) is 12.5. The molecule has 0 N–H and O–H groups in total. The van der Waals surface area contributed by atoms with Gasteiger partial charge in [-0.2, -0.15) is 0 Å². The van der Waals surface area contributed by atoms with Crippen molar-refractivity contribution >= 4 is 11.8 Å². The number of ketones is 1. The molecule has 0 spiro atoms. The van der Waals surface area contributed by atoms with Crippen molar-refractivity contribution in [3.63, 3.8) is 0 Å². The fourth-order valence-corrected chi connectivity index (χ4v) is 5.32. The predicted octanol–water partition coefficient (Wildman–Crippen LogP) is 5.13. The van der Waals surface area contributed by atoms with Crippen molar-refractivity contribution in [3.05, 3.63) is 64.8 Å². The third-order valence-corrected chi connectivity index (χ3v) is 7.30. The molecule has 0 aliphatic heterocycles. The lowest BCUT2D eigenvalue weighted by atomic mass is 9.66. The number of Topliss-reactive ketones (excluding diaryl/α,β-unsaturated/α-hetero) is 1. The van der Waals surface area contributed by atoms with Crippen molar-refractivity contribution in [2.75, 3.05) is 42.2 Å². The van der Waals surface area contributed by atoms with Crippen molar-refractivity contribution < 1.29 is 38.0 Å². The average molecular weight is 523 g/mol. The van der Waals surface area contributed by atoms with Crippen LogP contribution < -0.4 is 23.7 Å². The van der Waals surface area contributed by atoms with Gasteiger partial charge in [-0.05, 0) is 41.8 Å². The molecule has 0 heterocycles. The van der Waals surface area contributed by atoms with Crippen molar-refractivity contribution in [3.8, 4) is 28.7 Å². The molecule has 38 heavy (non-hydrogen) atoms. The van der Waals surface area contributed by atoms with E-state index in [1.807, 2.05) is 24.3 Å². The standard InChI is InChI=1S/C30H34O8/c1-17-26(30(32)38-12-11-18-9-7-8-10-18)27(19-13-24(35-4)29(37-6)25(14-19)36-5)20-15-22(33-2)23(34-3)16-21(20)28(17)31/h7-9,13-17,26-27H,10-12H2,1-6H3. The average Bonchev–Trinajstić information content (AvgIpc) is 3.46. The Morgan fingerprint density at radius 1 is 0.868 bits per heavy atom. The molecule has 0 bridgehead atoms. The summed E-state index contributed by atoms with van der Waals surface area (Å²) in [4.78, 5) is 27.3. The maximum absolute atomic E-state index is 13.7. The van der Waals surface area contributed by atoms with Gasteiger partial charge >= 0.3 is 5.97 Å². The van der Waals surface area contributed by atoms with E-state index in [-0.39, 0.29) is 12.4 Å². The molecule has 0 aromatic heterocycles. The maximum atomic E-state index is 13.7. The van der Waals surface area contributed by atoms with E-state index in [0.29, 0.717) is 46.3 Å². The second kappa shape index (κ2) is 11.6. The minimum absolute atomic E-state index is 0.158. The summed E-state index contributed by atoms with van der Waals surface area (Å²) in [6.07, 6.45) is 7.61. The van der Waals surface area contributed by atoms with Gasteiger partial charge in [-0.25, -0.2) is 0 Å². The molecule has 8 nitrogen and oxygen atoms in total. The molecule has 202 valence electrons. The number of carbonyl (C=O) groups excluding carboxylic acids is 2. The van der Waals surface area contributed by atoms with Gasteiger partial charge < -0.3 is 28.4 Å². The zero-order valence-electron chi connectivity index (χ0n) is 22.7. The minimum atomic E-state index is -0.786. The minimum Gasteiger partial charge on any atom is -0.493 e. The molecule has 3 atom stereocenters. The summed E-state index contributed by atoms with van der Waals surface area (Å²) in [6, 6.07) is 7.06. The summed E-state index contributed by atoms with van der Waals surface area (Å²) in [5.41, 5.74) is 3.04. The van der Waals surface area contributed by atoms with Crippen molar-refractivity contribution in [2.45, 2.75) is 25.7 Å². The smallest absolute Gasteiger partial charge is 0.310 e. The molecular weight excluding hydrogens is 488 g/mol. The fraction of sp³-hybridized carbons (Fsp3) is 0.400. The van der Waals surface area contributed by atoms with Gasteiger partial charge in [0.25, 0.3) is 0 Å². The fourth-order valence-electron chi connectivity index (χ4n) is 5.32. The number of hydrogen-bond donors (Lipinski definition) is 0. The summed E-state index contributed by atoms with van der Waals surface area (Å²) in [6.45, 7) is 2.01. The second-order valence-corrected chi connectivity index (χ2v) is 9.28. The summed E-state index contributed by atoms with van der Waals surface area (Å²) >= 11 is 0. The number of fused-ring (bicyclic) bond motifs is 1. The number of ether oxygens (including phenoxy) is 6. The van der Waals surface area contributed by atoms with E-state index in [1.54, 1.807) is 19.1 Å². The van der Waals surface area contributed by atoms with Crippen molar-refractivity contribution in [2.24, 2.45) is 11.8 Å². The number of hydrogen-bond acceptors (Lipinski definition) is 8. The molecule has 8 heteroatoms. The van der Waals surface area contributed by atoms with Gasteiger partial charge in [0.2, 0.25) is 5.75 Å². The lowest BCUT2D eigenvalue weighted by Gasteiger charge is -2.36. The van der Waals surface area contributed by atoms with Gasteiger partial charge in [-0.3, -0.25) is 9.59 Å². The molecule has 4 rings (SSSR count). The first kappa shape index (κ1) is 27.1. The van der Waals surface area contributed by atoms with E-state index < -0.39 is 23.7 Å². The van der Waals surface area contributed by atoms with Crippen LogP contribution in [0.25, 0.3) is 0 Å². The largest absolute Gasteiger partial charge is 0.493 e. The molecule has 2 aliphatic carbocycles. The molecule has 0 fully saturated rings. The van der Waals surface area contributed by atoms with E-state index in [4.69, 9.17) is 28.4 Å². The maximum Gasteiger partial charge on any atom is 0.310 e. The Balaban J connectivity index is 1.84.